The Bertz CT molecular complexity index is 755. The van der Waals surface area contributed by atoms with Gasteiger partial charge < -0.3 is 0 Å². The zero-order valence-electron chi connectivity index (χ0n) is 10.8. The predicted octanol–water partition coefficient (Wildman–Crippen LogP) is 4.00. The molecule has 0 aliphatic rings. The molecule has 1 aromatic heterocycles. The lowest BCUT2D eigenvalue weighted by atomic mass is 10.1. The van der Waals surface area contributed by atoms with Crippen molar-refractivity contribution in [2.75, 3.05) is 0 Å². The van der Waals surface area contributed by atoms with E-state index >= 15 is 0 Å². The summed E-state index contributed by atoms with van der Waals surface area (Å²) in [6.45, 7) is 2.16. The Labute approximate surface area is 116 Å². The van der Waals surface area contributed by atoms with E-state index in [1.807, 2.05) is 42.5 Å². The Morgan fingerprint density at radius 2 is 1.84 bits per heavy atom. The minimum atomic E-state index is 0.0872. The van der Waals surface area contributed by atoms with Gasteiger partial charge in [0, 0.05) is 0 Å². The average molecular weight is 269 g/mol. The summed E-state index contributed by atoms with van der Waals surface area (Å²) in [5.74, 6) is 0. The van der Waals surface area contributed by atoms with Crippen molar-refractivity contribution in [1.82, 2.24) is 3.96 Å². The molecule has 0 fully saturated rings. The second kappa shape index (κ2) is 5.02. The summed E-state index contributed by atoms with van der Waals surface area (Å²) in [5, 5.41) is 0.833. The maximum Gasteiger partial charge on any atom is 0.273 e. The Kier molecular flexibility index (Phi) is 3.22. The molecule has 2 nitrogen and oxygen atoms in total. The number of aromatic nitrogens is 1. The highest BCUT2D eigenvalue weighted by Crippen LogP contribution is 2.24. The molecule has 0 unspecified atom stereocenters. The van der Waals surface area contributed by atoms with Crippen molar-refractivity contribution in [2.45, 2.75) is 19.8 Å². The highest BCUT2D eigenvalue weighted by molar-refractivity contribution is 7.14. The highest BCUT2D eigenvalue weighted by atomic mass is 32.1. The molecule has 96 valence electrons. The van der Waals surface area contributed by atoms with Gasteiger partial charge >= 0.3 is 0 Å². The van der Waals surface area contributed by atoms with Crippen LogP contribution in [-0.2, 0) is 6.42 Å². The lowest BCUT2D eigenvalue weighted by Gasteiger charge is -1.99. The van der Waals surface area contributed by atoms with Gasteiger partial charge in [-0.2, -0.15) is 0 Å². The van der Waals surface area contributed by atoms with Crippen LogP contribution in [0.4, 0.5) is 0 Å². The summed E-state index contributed by atoms with van der Waals surface area (Å²) in [4.78, 5) is 12.5. The maximum absolute atomic E-state index is 12.5. The maximum atomic E-state index is 12.5. The van der Waals surface area contributed by atoms with E-state index in [9.17, 15) is 4.79 Å². The van der Waals surface area contributed by atoms with E-state index in [0.29, 0.717) is 0 Å². The fourth-order valence-electron chi connectivity index (χ4n) is 2.30. The van der Waals surface area contributed by atoms with E-state index < -0.39 is 0 Å². The summed E-state index contributed by atoms with van der Waals surface area (Å²) in [6.07, 6.45) is 2.11. The number of para-hydroxylation sites is 1. The van der Waals surface area contributed by atoms with Crippen molar-refractivity contribution in [3.63, 3.8) is 0 Å². The van der Waals surface area contributed by atoms with Crippen LogP contribution in [0.2, 0.25) is 0 Å². The lowest BCUT2D eigenvalue weighted by molar-refractivity contribution is 0.931. The molecule has 0 aliphatic heterocycles. The number of aryl methyl sites for hydroxylation is 1. The van der Waals surface area contributed by atoms with Crippen LogP contribution in [0.3, 0.4) is 0 Å². The molecule has 0 saturated heterocycles. The van der Waals surface area contributed by atoms with Crippen molar-refractivity contribution in [3.05, 3.63) is 64.4 Å². The fraction of sp³-hybridized carbons (Fsp3) is 0.188. The standard InChI is InChI=1S/C16H15NOS/c1-2-7-12-8-6-11-14-15(12)19-17(16(14)18)13-9-4-3-5-10-13/h3-6,8-11H,2,7H2,1H3. The van der Waals surface area contributed by atoms with Crippen molar-refractivity contribution < 1.29 is 0 Å². The highest BCUT2D eigenvalue weighted by Gasteiger charge is 2.11. The molecule has 0 aliphatic carbocycles. The Balaban J connectivity index is 2.26. The van der Waals surface area contributed by atoms with Crippen LogP contribution < -0.4 is 5.56 Å². The van der Waals surface area contributed by atoms with Gasteiger partial charge in [0.2, 0.25) is 0 Å². The van der Waals surface area contributed by atoms with Gasteiger partial charge in [-0.25, -0.2) is 3.96 Å². The Morgan fingerprint density at radius 3 is 2.58 bits per heavy atom. The zero-order chi connectivity index (χ0) is 13.2. The van der Waals surface area contributed by atoms with Gasteiger partial charge in [-0.1, -0.05) is 55.2 Å². The third-order valence-electron chi connectivity index (χ3n) is 3.20. The van der Waals surface area contributed by atoms with E-state index in [2.05, 4.69) is 13.0 Å². The summed E-state index contributed by atoms with van der Waals surface area (Å²) >= 11 is 1.55. The van der Waals surface area contributed by atoms with E-state index in [4.69, 9.17) is 0 Å². The first-order chi connectivity index (χ1) is 9.31. The van der Waals surface area contributed by atoms with Crippen molar-refractivity contribution >= 4 is 21.6 Å². The summed E-state index contributed by atoms with van der Waals surface area (Å²) in [5.41, 5.74) is 2.30. The molecule has 0 N–H and O–H groups in total. The zero-order valence-corrected chi connectivity index (χ0v) is 11.6. The number of fused-ring (bicyclic) bond motifs is 1. The largest absolute Gasteiger partial charge is 0.273 e. The topological polar surface area (TPSA) is 22.0 Å². The average Bonchev–Trinajstić information content (AvgIpc) is 2.79. The molecule has 0 atom stereocenters. The SMILES string of the molecule is CCCc1cccc2c(=O)n(-c3ccccc3)sc12. The first-order valence-corrected chi connectivity index (χ1v) is 7.28. The smallest absolute Gasteiger partial charge is 0.267 e. The van der Waals surface area contributed by atoms with Gasteiger partial charge in [-0.3, -0.25) is 4.79 Å². The molecule has 3 rings (SSSR count). The summed E-state index contributed by atoms with van der Waals surface area (Å²) < 4.78 is 2.90. The minimum absolute atomic E-state index is 0.0872. The summed E-state index contributed by atoms with van der Waals surface area (Å²) in [7, 11) is 0. The number of hydrogen-bond acceptors (Lipinski definition) is 2. The second-order valence-corrected chi connectivity index (χ2v) is 5.53. The number of nitrogens with zero attached hydrogens (tertiary/aromatic N) is 1. The van der Waals surface area contributed by atoms with Crippen LogP contribution in [0.1, 0.15) is 18.9 Å². The molecule has 2 aromatic carbocycles. The normalized spacial score (nSPS) is 11.0. The third-order valence-corrected chi connectivity index (χ3v) is 4.43. The molecule has 0 spiro atoms. The van der Waals surface area contributed by atoms with E-state index in [1.165, 1.54) is 5.56 Å². The lowest BCUT2D eigenvalue weighted by Crippen LogP contribution is -2.10. The van der Waals surface area contributed by atoms with Gasteiger partial charge in [0.05, 0.1) is 15.8 Å². The monoisotopic (exact) mass is 269 g/mol. The van der Waals surface area contributed by atoms with Crippen molar-refractivity contribution in [1.29, 1.82) is 0 Å². The molecule has 0 radical (unpaired) electrons. The van der Waals surface area contributed by atoms with Gasteiger partial charge in [-0.15, -0.1) is 0 Å². The van der Waals surface area contributed by atoms with Crippen LogP contribution in [-0.4, -0.2) is 3.96 Å². The third kappa shape index (κ3) is 2.10. The first kappa shape index (κ1) is 12.2. The quantitative estimate of drug-likeness (QED) is 0.704. The van der Waals surface area contributed by atoms with Crippen molar-refractivity contribution in [3.8, 4) is 5.69 Å². The molecular weight excluding hydrogens is 254 g/mol. The molecule has 0 amide bonds. The van der Waals surface area contributed by atoms with Gasteiger partial charge in [0.25, 0.3) is 5.56 Å². The second-order valence-electron chi connectivity index (χ2n) is 4.57. The van der Waals surface area contributed by atoms with Crippen LogP contribution in [0, 0.1) is 0 Å². The predicted molar refractivity (Wildman–Crippen MR) is 81.4 cm³/mol. The van der Waals surface area contributed by atoms with E-state index in [1.54, 1.807) is 15.5 Å². The molecule has 3 heteroatoms. The van der Waals surface area contributed by atoms with E-state index in [0.717, 1.165) is 28.6 Å². The molecule has 3 aromatic rings. The van der Waals surface area contributed by atoms with Gasteiger partial charge in [0.15, 0.2) is 0 Å². The molecule has 19 heavy (non-hydrogen) atoms. The van der Waals surface area contributed by atoms with Crippen LogP contribution in [0.15, 0.2) is 53.3 Å². The van der Waals surface area contributed by atoms with Gasteiger partial charge in [-0.05, 0) is 30.2 Å². The van der Waals surface area contributed by atoms with Crippen LogP contribution in [0.25, 0.3) is 15.8 Å². The first-order valence-electron chi connectivity index (χ1n) is 6.50. The number of hydrogen-bond donors (Lipinski definition) is 0. The molecule has 0 bridgehead atoms. The van der Waals surface area contributed by atoms with Crippen LogP contribution in [0.5, 0.6) is 0 Å². The Hall–Kier alpha value is -1.87. The molecule has 0 saturated carbocycles. The Morgan fingerprint density at radius 1 is 1.05 bits per heavy atom. The minimum Gasteiger partial charge on any atom is -0.267 e. The fourth-order valence-corrected chi connectivity index (χ4v) is 3.43. The number of benzene rings is 2. The van der Waals surface area contributed by atoms with E-state index in [-0.39, 0.29) is 5.56 Å². The summed E-state index contributed by atoms with van der Waals surface area (Å²) in [6, 6.07) is 15.8. The number of rotatable bonds is 3. The molecule has 1 heterocycles. The molecular formula is C16H15NOS. The van der Waals surface area contributed by atoms with Gasteiger partial charge in [0.1, 0.15) is 0 Å². The van der Waals surface area contributed by atoms with Crippen molar-refractivity contribution in [2.24, 2.45) is 0 Å². The van der Waals surface area contributed by atoms with Crippen LogP contribution >= 0.6 is 11.5 Å².